The summed E-state index contributed by atoms with van der Waals surface area (Å²) in [4.78, 5) is 34.4. The van der Waals surface area contributed by atoms with E-state index in [4.69, 9.17) is 9.72 Å². The van der Waals surface area contributed by atoms with Crippen LogP contribution in [0.3, 0.4) is 0 Å². The molecule has 1 unspecified atom stereocenters. The van der Waals surface area contributed by atoms with Crippen molar-refractivity contribution in [3.63, 3.8) is 0 Å². The maximum Gasteiger partial charge on any atom is 0.322 e. The van der Waals surface area contributed by atoms with Crippen LogP contribution in [0.15, 0.2) is 82.1 Å². The molecule has 0 saturated carbocycles. The van der Waals surface area contributed by atoms with Crippen molar-refractivity contribution in [1.29, 1.82) is 0 Å². The van der Waals surface area contributed by atoms with Gasteiger partial charge in [-0.3, -0.25) is 9.36 Å². The Kier molecular flexibility index (Phi) is 9.18. The highest BCUT2D eigenvalue weighted by atomic mass is 79.9. The van der Waals surface area contributed by atoms with Gasteiger partial charge < -0.3 is 15.0 Å². The van der Waals surface area contributed by atoms with Gasteiger partial charge in [0.15, 0.2) is 0 Å². The molecule has 38 heavy (non-hydrogen) atoms. The predicted octanol–water partition coefficient (Wildman–Crippen LogP) is 7.33. The number of halogens is 1. The number of fused-ring (bicyclic) bond motifs is 1. The summed E-state index contributed by atoms with van der Waals surface area (Å²) in [6.07, 6.45) is 2.32. The molecular formula is C30H33BrN4O3. The SMILES string of the molecule is CCCCN(C(=O)Nc1ccccc1Br)C(CC)c1nc2ccccc2c(=O)n1-c1ccc(OCC)cc1. The number of carbonyl (C=O) groups excluding carboxylic acids is 1. The molecule has 0 aliphatic heterocycles. The number of rotatable bonds is 10. The number of anilines is 1. The first-order chi connectivity index (χ1) is 18.5. The number of nitrogens with zero attached hydrogens (tertiary/aromatic N) is 3. The third-order valence-corrected chi connectivity index (χ3v) is 7.09. The van der Waals surface area contributed by atoms with Crippen molar-refractivity contribution in [2.75, 3.05) is 18.5 Å². The number of hydrogen-bond acceptors (Lipinski definition) is 4. The molecule has 0 saturated heterocycles. The molecule has 1 aromatic heterocycles. The maximum absolute atomic E-state index is 13.9. The molecule has 8 heteroatoms. The number of amides is 2. The first-order valence-electron chi connectivity index (χ1n) is 13.1. The lowest BCUT2D eigenvalue weighted by atomic mass is 10.1. The second kappa shape index (κ2) is 12.7. The predicted molar refractivity (Wildman–Crippen MR) is 156 cm³/mol. The van der Waals surface area contributed by atoms with E-state index >= 15 is 0 Å². The Balaban J connectivity index is 1.85. The second-order valence-electron chi connectivity index (χ2n) is 8.94. The lowest BCUT2D eigenvalue weighted by Crippen LogP contribution is -2.41. The Morgan fingerprint density at radius 3 is 2.42 bits per heavy atom. The van der Waals surface area contributed by atoms with E-state index in [-0.39, 0.29) is 11.6 Å². The zero-order valence-corrected chi connectivity index (χ0v) is 23.6. The largest absolute Gasteiger partial charge is 0.494 e. The monoisotopic (exact) mass is 576 g/mol. The number of ether oxygens (including phenoxy) is 1. The number of carbonyl (C=O) groups is 1. The van der Waals surface area contributed by atoms with Crippen LogP contribution in [0.2, 0.25) is 0 Å². The summed E-state index contributed by atoms with van der Waals surface area (Å²) in [6, 6.07) is 21.6. The summed E-state index contributed by atoms with van der Waals surface area (Å²) in [5, 5.41) is 3.57. The van der Waals surface area contributed by atoms with E-state index in [0.29, 0.717) is 47.7 Å². The van der Waals surface area contributed by atoms with Gasteiger partial charge in [0.1, 0.15) is 11.6 Å². The number of aromatic nitrogens is 2. The van der Waals surface area contributed by atoms with Crippen LogP contribution in [0.25, 0.3) is 16.6 Å². The minimum atomic E-state index is -0.437. The third kappa shape index (κ3) is 5.91. The van der Waals surface area contributed by atoms with Gasteiger partial charge in [0, 0.05) is 11.0 Å². The van der Waals surface area contributed by atoms with Crippen LogP contribution < -0.4 is 15.6 Å². The minimum Gasteiger partial charge on any atom is -0.494 e. The molecule has 2 amide bonds. The second-order valence-corrected chi connectivity index (χ2v) is 9.79. The summed E-state index contributed by atoms with van der Waals surface area (Å²) in [5.74, 6) is 1.25. The molecule has 4 rings (SSSR count). The van der Waals surface area contributed by atoms with E-state index in [1.165, 1.54) is 0 Å². The lowest BCUT2D eigenvalue weighted by Gasteiger charge is -2.32. The highest BCUT2D eigenvalue weighted by Crippen LogP contribution is 2.29. The first-order valence-corrected chi connectivity index (χ1v) is 13.8. The van der Waals surface area contributed by atoms with E-state index in [0.717, 1.165) is 23.1 Å². The third-order valence-electron chi connectivity index (χ3n) is 6.40. The highest BCUT2D eigenvalue weighted by Gasteiger charge is 2.29. The average molecular weight is 578 g/mol. The molecule has 1 heterocycles. The van der Waals surface area contributed by atoms with Gasteiger partial charge in [0.2, 0.25) is 0 Å². The topological polar surface area (TPSA) is 76.5 Å². The average Bonchev–Trinajstić information content (AvgIpc) is 2.93. The van der Waals surface area contributed by atoms with Crippen molar-refractivity contribution in [3.05, 3.63) is 93.4 Å². The standard InChI is InChI=1S/C30H33BrN4O3/c1-4-7-20-34(30(37)33-26-15-11-9-13-24(26)31)27(5-2)28-32-25-14-10-8-12-23(25)29(36)35(28)21-16-18-22(19-17-21)38-6-3/h8-19,27H,4-7,20H2,1-3H3,(H,33,37). The summed E-state index contributed by atoms with van der Waals surface area (Å²) in [6.45, 7) is 7.12. The van der Waals surface area contributed by atoms with Gasteiger partial charge >= 0.3 is 6.03 Å². The Morgan fingerprint density at radius 2 is 1.74 bits per heavy atom. The molecule has 0 aliphatic rings. The molecule has 0 fully saturated rings. The normalized spacial score (nSPS) is 11.8. The minimum absolute atomic E-state index is 0.171. The van der Waals surface area contributed by atoms with Crippen molar-refractivity contribution in [1.82, 2.24) is 14.5 Å². The number of unbranched alkanes of at least 4 members (excludes halogenated alkanes) is 1. The van der Waals surface area contributed by atoms with Gasteiger partial charge in [-0.15, -0.1) is 0 Å². The van der Waals surface area contributed by atoms with Crippen LogP contribution in [-0.2, 0) is 0 Å². The van der Waals surface area contributed by atoms with Crippen molar-refractivity contribution in [2.45, 2.75) is 46.1 Å². The molecule has 1 atom stereocenters. The summed E-state index contributed by atoms with van der Waals surface area (Å²) < 4.78 is 8.04. The zero-order chi connectivity index (χ0) is 27.1. The van der Waals surface area contributed by atoms with Crippen LogP contribution in [0.5, 0.6) is 5.75 Å². The number of para-hydroxylation sites is 2. The van der Waals surface area contributed by atoms with E-state index in [1.54, 1.807) is 15.5 Å². The van der Waals surface area contributed by atoms with Crippen LogP contribution >= 0.6 is 15.9 Å². The molecule has 0 aliphatic carbocycles. The van der Waals surface area contributed by atoms with Crippen LogP contribution in [-0.4, -0.2) is 33.6 Å². The zero-order valence-electron chi connectivity index (χ0n) is 22.0. The summed E-state index contributed by atoms with van der Waals surface area (Å²) in [5.41, 5.74) is 1.79. The summed E-state index contributed by atoms with van der Waals surface area (Å²) in [7, 11) is 0. The van der Waals surface area contributed by atoms with E-state index in [9.17, 15) is 9.59 Å². The van der Waals surface area contributed by atoms with E-state index in [1.807, 2.05) is 80.6 Å². The van der Waals surface area contributed by atoms with E-state index < -0.39 is 6.04 Å². The maximum atomic E-state index is 13.9. The molecule has 0 spiro atoms. The lowest BCUT2D eigenvalue weighted by molar-refractivity contribution is 0.180. The van der Waals surface area contributed by atoms with E-state index in [2.05, 4.69) is 28.2 Å². The van der Waals surface area contributed by atoms with Crippen LogP contribution in [0, 0.1) is 0 Å². The molecule has 0 radical (unpaired) electrons. The fourth-order valence-electron chi connectivity index (χ4n) is 4.50. The number of hydrogen-bond donors (Lipinski definition) is 1. The fraction of sp³-hybridized carbons (Fsp3) is 0.300. The molecule has 198 valence electrons. The molecule has 0 bridgehead atoms. The van der Waals surface area contributed by atoms with Crippen molar-refractivity contribution in [3.8, 4) is 11.4 Å². The molecule has 4 aromatic rings. The Labute approximate surface area is 231 Å². The molecule has 3 aromatic carbocycles. The highest BCUT2D eigenvalue weighted by molar-refractivity contribution is 9.10. The van der Waals surface area contributed by atoms with Gasteiger partial charge in [-0.1, -0.05) is 44.5 Å². The van der Waals surface area contributed by atoms with Crippen molar-refractivity contribution >= 4 is 38.6 Å². The number of nitrogens with one attached hydrogen (secondary N) is 1. The van der Waals surface area contributed by atoms with Crippen molar-refractivity contribution in [2.24, 2.45) is 0 Å². The molecule has 1 N–H and O–H groups in total. The van der Waals surface area contributed by atoms with Gasteiger partial charge in [-0.25, -0.2) is 9.78 Å². The van der Waals surface area contributed by atoms with Gasteiger partial charge in [-0.2, -0.15) is 0 Å². The fourth-order valence-corrected chi connectivity index (χ4v) is 4.88. The van der Waals surface area contributed by atoms with Crippen LogP contribution in [0.1, 0.15) is 51.9 Å². The summed E-state index contributed by atoms with van der Waals surface area (Å²) >= 11 is 3.52. The van der Waals surface area contributed by atoms with Crippen molar-refractivity contribution < 1.29 is 9.53 Å². The van der Waals surface area contributed by atoms with Gasteiger partial charge in [0.25, 0.3) is 5.56 Å². The Bertz CT molecular complexity index is 1450. The molecule has 7 nitrogen and oxygen atoms in total. The number of benzene rings is 3. The van der Waals surface area contributed by atoms with Crippen LogP contribution in [0.4, 0.5) is 10.5 Å². The van der Waals surface area contributed by atoms with Gasteiger partial charge in [0.05, 0.1) is 34.9 Å². The number of urea groups is 1. The van der Waals surface area contributed by atoms with Gasteiger partial charge in [-0.05, 0) is 84.2 Å². The smallest absolute Gasteiger partial charge is 0.322 e. The first kappa shape index (κ1) is 27.4. The molecular weight excluding hydrogens is 544 g/mol. The Hall–Kier alpha value is -3.65. The quantitative estimate of drug-likeness (QED) is 0.214. The Morgan fingerprint density at radius 1 is 1.03 bits per heavy atom.